The third-order valence-corrected chi connectivity index (χ3v) is 3.52. The van der Waals surface area contributed by atoms with Crippen molar-refractivity contribution in [3.63, 3.8) is 0 Å². The Bertz CT molecular complexity index is 426. The van der Waals surface area contributed by atoms with E-state index in [9.17, 15) is 4.79 Å². The average molecular weight is 325 g/mol. The molecule has 0 atom stereocenters. The third kappa shape index (κ3) is 5.57. The summed E-state index contributed by atoms with van der Waals surface area (Å²) in [5.41, 5.74) is 0.830. The van der Waals surface area contributed by atoms with Gasteiger partial charge in [-0.05, 0) is 17.7 Å². The molecule has 106 valence electrons. The molecule has 0 aliphatic rings. The predicted octanol–water partition coefficient (Wildman–Crippen LogP) is 3.25. The van der Waals surface area contributed by atoms with Crippen LogP contribution in [0.1, 0.15) is 5.56 Å². The van der Waals surface area contributed by atoms with E-state index in [1.54, 1.807) is 30.2 Å². The summed E-state index contributed by atoms with van der Waals surface area (Å²) in [4.78, 5) is 13.8. The number of hydrogen-bond donors (Lipinski definition) is 0. The third-order valence-electron chi connectivity index (χ3n) is 2.61. The Labute approximate surface area is 128 Å². The lowest BCUT2D eigenvalue weighted by Gasteiger charge is -2.21. The molecule has 0 fully saturated rings. The van der Waals surface area contributed by atoms with Crippen molar-refractivity contribution in [2.24, 2.45) is 0 Å². The number of halogens is 3. The maximum Gasteiger partial charge on any atom is 0.227 e. The zero-order valence-corrected chi connectivity index (χ0v) is 12.9. The Hall–Kier alpha value is -0.480. The molecule has 0 aliphatic carbocycles. The summed E-state index contributed by atoms with van der Waals surface area (Å²) < 4.78 is 4.98. The molecule has 6 heteroatoms. The van der Waals surface area contributed by atoms with Crippen LogP contribution in [0.15, 0.2) is 18.2 Å². The first-order valence-corrected chi connectivity index (χ1v) is 7.14. The average Bonchev–Trinajstić information content (AvgIpc) is 2.38. The highest BCUT2D eigenvalue weighted by Gasteiger charge is 2.13. The second-order valence-electron chi connectivity index (χ2n) is 3.99. The van der Waals surface area contributed by atoms with E-state index in [2.05, 4.69) is 0 Å². The van der Waals surface area contributed by atoms with Crippen molar-refractivity contribution in [2.45, 2.75) is 6.42 Å². The van der Waals surface area contributed by atoms with Crippen LogP contribution < -0.4 is 0 Å². The van der Waals surface area contributed by atoms with Gasteiger partial charge in [-0.25, -0.2) is 0 Å². The number of benzene rings is 1. The van der Waals surface area contributed by atoms with Crippen molar-refractivity contribution in [1.29, 1.82) is 0 Å². The van der Waals surface area contributed by atoms with Crippen molar-refractivity contribution in [2.75, 3.05) is 32.7 Å². The molecule has 0 saturated heterocycles. The van der Waals surface area contributed by atoms with Gasteiger partial charge in [-0.2, -0.15) is 0 Å². The predicted molar refractivity (Wildman–Crippen MR) is 79.3 cm³/mol. The molecule has 0 N–H and O–H groups in total. The monoisotopic (exact) mass is 323 g/mol. The van der Waals surface area contributed by atoms with Gasteiger partial charge < -0.3 is 9.64 Å². The first kappa shape index (κ1) is 16.6. The van der Waals surface area contributed by atoms with Crippen LogP contribution in [0.3, 0.4) is 0 Å². The standard InChI is InChI=1S/C13H16Cl3NO2/c1-19-7-6-17(5-4-14)13(18)9-10-2-3-11(15)12(16)8-10/h2-3,8H,4-7,9H2,1H3. The van der Waals surface area contributed by atoms with Gasteiger partial charge in [0.05, 0.1) is 23.1 Å². The van der Waals surface area contributed by atoms with Gasteiger partial charge in [0.15, 0.2) is 0 Å². The van der Waals surface area contributed by atoms with Crippen LogP contribution in [-0.4, -0.2) is 43.5 Å². The van der Waals surface area contributed by atoms with Crippen molar-refractivity contribution in [3.05, 3.63) is 33.8 Å². The molecular formula is C13H16Cl3NO2. The highest BCUT2D eigenvalue weighted by Crippen LogP contribution is 2.23. The molecule has 0 spiro atoms. The van der Waals surface area contributed by atoms with E-state index in [-0.39, 0.29) is 12.3 Å². The van der Waals surface area contributed by atoms with Gasteiger partial charge in [-0.15, -0.1) is 11.6 Å². The summed E-state index contributed by atoms with van der Waals surface area (Å²) in [6.07, 6.45) is 0.275. The summed E-state index contributed by atoms with van der Waals surface area (Å²) in [6.45, 7) is 1.53. The van der Waals surface area contributed by atoms with E-state index in [0.29, 0.717) is 35.6 Å². The van der Waals surface area contributed by atoms with Gasteiger partial charge in [0.25, 0.3) is 0 Å². The summed E-state index contributed by atoms with van der Waals surface area (Å²) >= 11 is 17.5. The largest absolute Gasteiger partial charge is 0.383 e. The van der Waals surface area contributed by atoms with Crippen molar-refractivity contribution >= 4 is 40.7 Å². The number of methoxy groups -OCH3 is 1. The van der Waals surface area contributed by atoms with Crippen LogP contribution in [-0.2, 0) is 16.0 Å². The highest BCUT2D eigenvalue weighted by molar-refractivity contribution is 6.42. The summed E-state index contributed by atoms with van der Waals surface area (Å²) in [7, 11) is 1.60. The van der Waals surface area contributed by atoms with Crippen LogP contribution in [0.5, 0.6) is 0 Å². The van der Waals surface area contributed by atoms with Crippen LogP contribution in [0.4, 0.5) is 0 Å². The fraction of sp³-hybridized carbons (Fsp3) is 0.462. The molecule has 19 heavy (non-hydrogen) atoms. The van der Waals surface area contributed by atoms with Gasteiger partial charge in [0, 0.05) is 26.1 Å². The second kappa shape index (κ2) is 8.64. The zero-order chi connectivity index (χ0) is 14.3. The molecule has 0 saturated carbocycles. The molecule has 0 bridgehead atoms. The Morgan fingerprint density at radius 2 is 2.00 bits per heavy atom. The first-order valence-electron chi connectivity index (χ1n) is 5.85. The maximum absolute atomic E-state index is 12.1. The van der Waals surface area contributed by atoms with Gasteiger partial charge in [-0.3, -0.25) is 4.79 Å². The quantitative estimate of drug-likeness (QED) is 0.721. The lowest BCUT2D eigenvalue weighted by atomic mass is 10.1. The Kier molecular flexibility index (Phi) is 7.54. The van der Waals surface area contributed by atoms with Gasteiger partial charge >= 0.3 is 0 Å². The highest BCUT2D eigenvalue weighted by atomic mass is 35.5. The Balaban J connectivity index is 2.66. The minimum atomic E-state index is -0.00362. The van der Waals surface area contributed by atoms with E-state index in [4.69, 9.17) is 39.5 Å². The topological polar surface area (TPSA) is 29.5 Å². The number of carbonyl (C=O) groups is 1. The van der Waals surface area contributed by atoms with E-state index in [1.165, 1.54) is 0 Å². The SMILES string of the molecule is COCCN(CCCl)C(=O)Cc1ccc(Cl)c(Cl)c1. The number of nitrogens with zero attached hydrogens (tertiary/aromatic N) is 1. The smallest absolute Gasteiger partial charge is 0.227 e. The number of alkyl halides is 1. The number of amides is 1. The lowest BCUT2D eigenvalue weighted by molar-refractivity contribution is -0.130. The summed E-state index contributed by atoms with van der Waals surface area (Å²) in [5, 5.41) is 0.933. The van der Waals surface area contributed by atoms with Gasteiger partial charge in [-0.1, -0.05) is 29.3 Å². The first-order chi connectivity index (χ1) is 9.08. The van der Waals surface area contributed by atoms with Crippen molar-refractivity contribution < 1.29 is 9.53 Å². The summed E-state index contributed by atoms with van der Waals surface area (Å²) in [6, 6.07) is 5.19. The van der Waals surface area contributed by atoms with E-state index >= 15 is 0 Å². The van der Waals surface area contributed by atoms with E-state index < -0.39 is 0 Å². The molecule has 3 nitrogen and oxygen atoms in total. The Morgan fingerprint density at radius 3 is 2.58 bits per heavy atom. The fourth-order valence-corrected chi connectivity index (χ4v) is 2.13. The van der Waals surface area contributed by atoms with Crippen LogP contribution in [0.2, 0.25) is 10.0 Å². The van der Waals surface area contributed by atoms with Gasteiger partial charge in [0.1, 0.15) is 0 Å². The van der Waals surface area contributed by atoms with Crippen LogP contribution in [0.25, 0.3) is 0 Å². The molecule has 1 aromatic carbocycles. The fourth-order valence-electron chi connectivity index (χ4n) is 1.60. The number of hydrogen-bond acceptors (Lipinski definition) is 2. The molecule has 1 amide bonds. The molecule has 0 unspecified atom stereocenters. The molecule has 0 aromatic heterocycles. The van der Waals surface area contributed by atoms with E-state index in [0.717, 1.165) is 5.56 Å². The number of rotatable bonds is 7. The minimum Gasteiger partial charge on any atom is -0.383 e. The van der Waals surface area contributed by atoms with Crippen molar-refractivity contribution in [1.82, 2.24) is 4.90 Å². The maximum atomic E-state index is 12.1. The molecular weight excluding hydrogens is 309 g/mol. The second-order valence-corrected chi connectivity index (χ2v) is 5.18. The van der Waals surface area contributed by atoms with Crippen molar-refractivity contribution in [3.8, 4) is 0 Å². The Morgan fingerprint density at radius 1 is 1.26 bits per heavy atom. The minimum absolute atomic E-state index is 0.00362. The zero-order valence-electron chi connectivity index (χ0n) is 10.7. The summed E-state index contributed by atoms with van der Waals surface area (Å²) in [5.74, 6) is 0.396. The van der Waals surface area contributed by atoms with Crippen LogP contribution >= 0.6 is 34.8 Å². The molecule has 1 rings (SSSR count). The molecule has 1 aromatic rings. The number of carbonyl (C=O) groups excluding carboxylic acids is 1. The normalized spacial score (nSPS) is 10.5. The number of ether oxygens (including phenoxy) is 1. The van der Waals surface area contributed by atoms with Gasteiger partial charge in [0.2, 0.25) is 5.91 Å². The molecule has 0 aliphatic heterocycles. The van der Waals surface area contributed by atoms with Crippen LogP contribution in [0, 0.1) is 0 Å². The lowest BCUT2D eigenvalue weighted by Crippen LogP contribution is -2.36. The van der Waals surface area contributed by atoms with E-state index in [1.807, 2.05) is 0 Å². The molecule has 0 radical (unpaired) electrons. The molecule has 0 heterocycles.